The van der Waals surface area contributed by atoms with Crippen LogP contribution < -0.4 is 5.32 Å². The van der Waals surface area contributed by atoms with Gasteiger partial charge < -0.3 is 10.1 Å². The number of rotatable bonds is 7. The molecule has 0 amide bonds. The van der Waals surface area contributed by atoms with E-state index in [1.54, 1.807) is 6.20 Å². The zero-order valence-corrected chi connectivity index (χ0v) is 11.3. The van der Waals surface area contributed by atoms with E-state index in [1.807, 2.05) is 13.8 Å². The summed E-state index contributed by atoms with van der Waals surface area (Å²) in [5.74, 6) is 1.52. The number of ether oxygens (including phenoxy) is 1. The minimum absolute atomic E-state index is 0.702. The summed E-state index contributed by atoms with van der Waals surface area (Å²) in [7, 11) is 0. The molecule has 0 spiro atoms. The highest BCUT2D eigenvalue weighted by Gasteiger charge is 1.98. The molecular weight excluding hydrogens is 214 g/mol. The van der Waals surface area contributed by atoms with Gasteiger partial charge >= 0.3 is 0 Å². The van der Waals surface area contributed by atoms with E-state index in [2.05, 4.69) is 29.1 Å². The van der Waals surface area contributed by atoms with Crippen molar-refractivity contribution in [3.63, 3.8) is 0 Å². The van der Waals surface area contributed by atoms with Gasteiger partial charge in [0.15, 0.2) is 0 Å². The van der Waals surface area contributed by atoms with E-state index in [4.69, 9.17) is 4.74 Å². The van der Waals surface area contributed by atoms with Crippen molar-refractivity contribution in [1.29, 1.82) is 0 Å². The molecule has 96 valence electrons. The second-order valence-electron chi connectivity index (χ2n) is 4.65. The van der Waals surface area contributed by atoms with Gasteiger partial charge in [0.1, 0.15) is 5.82 Å². The van der Waals surface area contributed by atoms with Crippen LogP contribution in [-0.4, -0.2) is 29.7 Å². The van der Waals surface area contributed by atoms with E-state index in [9.17, 15) is 0 Å². The quantitative estimate of drug-likeness (QED) is 0.740. The molecule has 1 rings (SSSR count). The van der Waals surface area contributed by atoms with Crippen molar-refractivity contribution >= 4 is 5.82 Å². The molecule has 0 aliphatic heterocycles. The molecule has 0 saturated heterocycles. The van der Waals surface area contributed by atoms with Crippen LogP contribution in [0.15, 0.2) is 6.20 Å². The molecule has 1 N–H and O–H groups in total. The molecule has 1 aromatic heterocycles. The Morgan fingerprint density at radius 2 is 2.00 bits per heavy atom. The smallest absolute Gasteiger partial charge is 0.144 e. The predicted octanol–water partition coefficient (Wildman–Crippen LogP) is 2.57. The monoisotopic (exact) mass is 237 g/mol. The summed E-state index contributed by atoms with van der Waals surface area (Å²) in [6, 6.07) is 0. The molecule has 0 aliphatic carbocycles. The second kappa shape index (κ2) is 7.22. The summed E-state index contributed by atoms with van der Waals surface area (Å²) in [4.78, 5) is 8.64. The fourth-order valence-corrected chi connectivity index (χ4v) is 1.30. The van der Waals surface area contributed by atoms with E-state index in [1.165, 1.54) is 0 Å². The lowest BCUT2D eigenvalue weighted by Crippen LogP contribution is -2.12. The van der Waals surface area contributed by atoms with Gasteiger partial charge in [0.25, 0.3) is 0 Å². The Hall–Kier alpha value is -1.16. The van der Waals surface area contributed by atoms with Crippen molar-refractivity contribution in [2.24, 2.45) is 5.92 Å². The predicted molar refractivity (Wildman–Crippen MR) is 70.3 cm³/mol. The van der Waals surface area contributed by atoms with Crippen molar-refractivity contribution in [3.05, 3.63) is 17.6 Å². The Balaban J connectivity index is 2.16. The molecule has 0 aromatic carbocycles. The molecule has 0 atom stereocenters. The molecule has 17 heavy (non-hydrogen) atoms. The van der Waals surface area contributed by atoms with Crippen molar-refractivity contribution in [2.75, 3.05) is 25.1 Å². The van der Waals surface area contributed by atoms with Gasteiger partial charge in [-0.3, -0.25) is 4.98 Å². The normalized spacial score (nSPS) is 10.9. The van der Waals surface area contributed by atoms with Crippen LogP contribution in [0.2, 0.25) is 0 Å². The van der Waals surface area contributed by atoms with Crippen LogP contribution in [0.3, 0.4) is 0 Å². The van der Waals surface area contributed by atoms with Gasteiger partial charge in [-0.25, -0.2) is 4.98 Å². The summed E-state index contributed by atoms with van der Waals surface area (Å²) in [5.41, 5.74) is 1.94. The maximum Gasteiger partial charge on any atom is 0.144 e. The standard InChI is InChI=1S/C13H23N3O/c1-10(2)5-7-17-8-6-14-13-9-15-11(3)12(4)16-13/h9-10H,5-8H2,1-4H3,(H,14,16). The molecule has 0 unspecified atom stereocenters. The molecule has 0 radical (unpaired) electrons. The zero-order chi connectivity index (χ0) is 12.7. The molecule has 0 bridgehead atoms. The first-order chi connectivity index (χ1) is 8.09. The Bertz CT molecular complexity index is 339. The molecule has 1 heterocycles. The average Bonchev–Trinajstić information content (AvgIpc) is 2.27. The number of hydrogen-bond donors (Lipinski definition) is 1. The molecule has 0 saturated carbocycles. The fraction of sp³-hybridized carbons (Fsp3) is 0.692. The van der Waals surface area contributed by atoms with E-state index in [-0.39, 0.29) is 0 Å². The number of aromatic nitrogens is 2. The first-order valence-corrected chi connectivity index (χ1v) is 6.21. The maximum absolute atomic E-state index is 5.51. The van der Waals surface area contributed by atoms with Crippen molar-refractivity contribution in [1.82, 2.24) is 9.97 Å². The topological polar surface area (TPSA) is 47.0 Å². The number of nitrogens with zero attached hydrogens (tertiary/aromatic N) is 2. The molecule has 4 heteroatoms. The largest absolute Gasteiger partial charge is 0.380 e. The van der Waals surface area contributed by atoms with E-state index < -0.39 is 0 Å². The van der Waals surface area contributed by atoms with Gasteiger partial charge in [0.05, 0.1) is 24.2 Å². The molecule has 0 aliphatic rings. The van der Waals surface area contributed by atoms with Gasteiger partial charge in [-0.1, -0.05) is 13.8 Å². The lowest BCUT2D eigenvalue weighted by Gasteiger charge is -2.08. The Morgan fingerprint density at radius 3 is 2.65 bits per heavy atom. The third-order valence-electron chi connectivity index (χ3n) is 2.58. The Kier molecular flexibility index (Phi) is 5.91. The molecule has 1 aromatic rings. The molecule has 0 fully saturated rings. The van der Waals surface area contributed by atoms with Gasteiger partial charge in [-0.15, -0.1) is 0 Å². The highest BCUT2D eigenvalue weighted by molar-refractivity contribution is 5.33. The summed E-state index contributed by atoms with van der Waals surface area (Å²) in [6.07, 6.45) is 2.87. The summed E-state index contributed by atoms with van der Waals surface area (Å²) in [5, 5.41) is 3.20. The van der Waals surface area contributed by atoms with Crippen molar-refractivity contribution in [3.8, 4) is 0 Å². The first kappa shape index (κ1) is 13.9. The van der Waals surface area contributed by atoms with Crippen LogP contribution in [0, 0.1) is 19.8 Å². The van der Waals surface area contributed by atoms with Gasteiger partial charge in [-0.05, 0) is 26.2 Å². The lowest BCUT2D eigenvalue weighted by molar-refractivity contribution is 0.132. The SMILES string of the molecule is Cc1ncc(NCCOCCC(C)C)nc1C. The van der Waals surface area contributed by atoms with Crippen molar-refractivity contribution < 1.29 is 4.74 Å². The lowest BCUT2D eigenvalue weighted by atomic mass is 10.1. The first-order valence-electron chi connectivity index (χ1n) is 6.21. The fourth-order valence-electron chi connectivity index (χ4n) is 1.30. The maximum atomic E-state index is 5.51. The minimum atomic E-state index is 0.702. The summed E-state index contributed by atoms with van der Waals surface area (Å²) >= 11 is 0. The third-order valence-corrected chi connectivity index (χ3v) is 2.58. The van der Waals surface area contributed by atoms with Crippen molar-refractivity contribution in [2.45, 2.75) is 34.1 Å². The van der Waals surface area contributed by atoms with Crippen LogP contribution >= 0.6 is 0 Å². The van der Waals surface area contributed by atoms with Gasteiger partial charge in [0, 0.05) is 13.2 Å². The van der Waals surface area contributed by atoms with Crippen LogP contribution in [0.1, 0.15) is 31.7 Å². The minimum Gasteiger partial charge on any atom is -0.380 e. The number of nitrogens with one attached hydrogen (secondary N) is 1. The van der Waals surface area contributed by atoms with Crippen LogP contribution in [-0.2, 0) is 4.74 Å². The highest BCUT2D eigenvalue weighted by atomic mass is 16.5. The van der Waals surface area contributed by atoms with Gasteiger partial charge in [0.2, 0.25) is 0 Å². The second-order valence-corrected chi connectivity index (χ2v) is 4.65. The zero-order valence-electron chi connectivity index (χ0n) is 11.3. The Labute approximate surface area is 104 Å². The molecule has 4 nitrogen and oxygen atoms in total. The average molecular weight is 237 g/mol. The Morgan fingerprint density at radius 1 is 1.24 bits per heavy atom. The summed E-state index contributed by atoms with van der Waals surface area (Å²) in [6.45, 7) is 10.6. The van der Waals surface area contributed by atoms with E-state index in [0.29, 0.717) is 12.5 Å². The van der Waals surface area contributed by atoms with E-state index >= 15 is 0 Å². The van der Waals surface area contributed by atoms with E-state index in [0.717, 1.165) is 36.8 Å². The highest BCUT2D eigenvalue weighted by Crippen LogP contribution is 2.05. The summed E-state index contributed by atoms with van der Waals surface area (Å²) < 4.78 is 5.51. The van der Waals surface area contributed by atoms with Crippen LogP contribution in [0.5, 0.6) is 0 Å². The number of anilines is 1. The van der Waals surface area contributed by atoms with Crippen LogP contribution in [0.25, 0.3) is 0 Å². The number of hydrogen-bond acceptors (Lipinski definition) is 4. The molecular formula is C13H23N3O. The third kappa shape index (κ3) is 5.63. The van der Waals surface area contributed by atoms with Crippen LogP contribution in [0.4, 0.5) is 5.82 Å². The van der Waals surface area contributed by atoms with Gasteiger partial charge in [-0.2, -0.15) is 0 Å². The number of aryl methyl sites for hydroxylation is 2.